The number of aromatic nitrogens is 2. The van der Waals surface area contributed by atoms with Crippen molar-refractivity contribution < 1.29 is 4.79 Å². The monoisotopic (exact) mass is 346 g/mol. The quantitative estimate of drug-likeness (QED) is 0.710. The Morgan fingerprint density at radius 2 is 1.62 bits per heavy atom. The molecule has 0 fully saturated rings. The molecule has 1 amide bonds. The SMILES string of the molecule is CN(C)c1cc(C(=O)N(C)C(c2ccccc2)c2ccccn2)ccn1. The smallest absolute Gasteiger partial charge is 0.254 e. The fourth-order valence-corrected chi connectivity index (χ4v) is 2.88. The topological polar surface area (TPSA) is 49.3 Å². The van der Waals surface area contributed by atoms with E-state index in [-0.39, 0.29) is 11.9 Å². The first-order valence-electron chi connectivity index (χ1n) is 8.44. The van der Waals surface area contributed by atoms with Gasteiger partial charge in [-0.2, -0.15) is 0 Å². The van der Waals surface area contributed by atoms with Crippen LogP contribution in [0.4, 0.5) is 5.82 Å². The average Bonchev–Trinajstić information content (AvgIpc) is 2.69. The molecule has 2 aromatic heterocycles. The lowest BCUT2D eigenvalue weighted by molar-refractivity contribution is 0.0752. The molecule has 1 atom stereocenters. The molecule has 0 N–H and O–H groups in total. The third-order valence-corrected chi connectivity index (χ3v) is 4.24. The fraction of sp³-hybridized carbons (Fsp3) is 0.190. The van der Waals surface area contributed by atoms with Gasteiger partial charge in [-0.3, -0.25) is 9.78 Å². The summed E-state index contributed by atoms with van der Waals surface area (Å²) in [6.07, 6.45) is 3.41. The molecule has 5 nitrogen and oxygen atoms in total. The molecule has 3 aromatic rings. The number of hydrogen-bond acceptors (Lipinski definition) is 4. The summed E-state index contributed by atoms with van der Waals surface area (Å²) >= 11 is 0. The summed E-state index contributed by atoms with van der Waals surface area (Å²) < 4.78 is 0. The lowest BCUT2D eigenvalue weighted by Crippen LogP contribution is -2.32. The summed E-state index contributed by atoms with van der Waals surface area (Å²) in [5.74, 6) is 0.674. The van der Waals surface area contributed by atoms with E-state index in [2.05, 4.69) is 9.97 Å². The molecule has 0 aliphatic rings. The van der Waals surface area contributed by atoms with Crippen molar-refractivity contribution in [1.82, 2.24) is 14.9 Å². The van der Waals surface area contributed by atoms with E-state index in [1.54, 1.807) is 29.4 Å². The van der Waals surface area contributed by atoms with Crippen LogP contribution >= 0.6 is 0 Å². The Labute approximate surface area is 153 Å². The normalized spacial score (nSPS) is 11.7. The third kappa shape index (κ3) is 3.72. The van der Waals surface area contributed by atoms with Gasteiger partial charge in [0.1, 0.15) is 5.82 Å². The summed E-state index contributed by atoms with van der Waals surface area (Å²) in [5, 5.41) is 0. The molecule has 0 aliphatic carbocycles. The number of anilines is 1. The first kappa shape index (κ1) is 17.6. The summed E-state index contributed by atoms with van der Waals surface area (Å²) in [6.45, 7) is 0. The Balaban J connectivity index is 1.99. The van der Waals surface area contributed by atoms with Crippen LogP contribution in [0.1, 0.15) is 27.7 Å². The second kappa shape index (κ2) is 7.78. The predicted octanol–water partition coefficient (Wildman–Crippen LogP) is 3.40. The van der Waals surface area contributed by atoms with Crippen LogP contribution < -0.4 is 4.90 Å². The van der Waals surface area contributed by atoms with Crippen LogP contribution in [0.3, 0.4) is 0 Å². The highest BCUT2D eigenvalue weighted by Gasteiger charge is 2.25. The summed E-state index contributed by atoms with van der Waals surface area (Å²) in [5.41, 5.74) is 2.45. The van der Waals surface area contributed by atoms with E-state index < -0.39 is 0 Å². The van der Waals surface area contributed by atoms with Gasteiger partial charge in [-0.1, -0.05) is 36.4 Å². The van der Waals surface area contributed by atoms with Crippen LogP contribution in [0.15, 0.2) is 73.1 Å². The number of carbonyl (C=O) groups is 1. The highest BCUT2D eigenvalue weighted by Crippen LogP contribution is 2.27. The highest BCUT2D eigenvalue weighted by molar-refractivity contribution is 5.95. The minimum Gasteiger partial charge on any atom is -0.363 e. The van der Waals surface area contributed by atoms with Crippen molar-refractivity contribution in [2.75, 3.05) is 26.0 Å². The van der Waals surface area contributed by atoms with Gasteiger partial charge >= 0.3 is 0 Å². The van der Waals surface area contributed by atoms with Gasteiger partial charge in [0.15, 0.2) is 0 Å². The lowest BCUT2D eigenvalue weighted by Gasteiger charge is -2.28. The number of rotatable bonds is 5. The van der Waals surface area contributed by atoms with Crippen molar-refractivity contribution in [2.24, 2.45) is 0 Å². The molecule has 0 bridgehead atoms. The Morgan fingerprint density at radius 1 is 0.885 bits per heavy atom. The van der Waals surface area contributed by atoms with Gasteiger partial charge in [0, 0.05) is 39.1 Å². The molecule has 0 aliphatic heterocycles. The molecule has 3 rings (SSSR count). The van der Waals surface area contributed by atoms with Crippen molar-refractivity contribution in [1.29, 1.82) is 0 Å². The number of carbonyl (C=O) groups excluding carboxylic acids is 1. The summed E-state index contributed by atoms with van der Waals surface area (Å²) in [4.78, 5) is 25.5. The van der Waals surface area contributed by atoms with E-state index in [1.165, 1.54) is 0 Å². The number of pyridine rings is 2. The Hall–Kier alpha value is -3.21. The van der Waals surface area contributed by atoms with Crippen LogP contribution in [0.25, 0.3) is 0 Å². The van der Waals surface area contributed by atoms with Crippen LogP contribution in [-0.2, 0) is 0 Å². The minimum atomic E-state index is -0.263. The molecule has 26 heavy (non-hydrogen) atoms. The Morgan fingerprint density at radius 3 is 2.27 bits per heavy atom. The van der Waals surface area contributed by atoms with E-state index in [4.69, 9.17) is 0 Å². The second-order valence-corrected chi connectivity index (χ2v) is 6.28. The average molecular weight is 346 g/mol. The molecule has 0 radical (unpaired) electrons. The number of hydrogen-bond donors (Lipinski definition) is 0. The van der Waals surface area contributed by atoms with Gasteiger partial charge in [0.05, 0.1) is 11.7 Å². The zero-order chi connectivity index (χ0) is 18.5. The molecule has 1 aromatic carbocycles. The van der Waals surface area contributed by atoms with Crippen LogP contribution in [0, 0.1) is 0 Å². The maximum absolute atomic E-state index is 13.2. The lowest BCUT2D eigenvalue weighted by atomic mass is 10.0. The molecule has 132 valence electrons. The van der Waals surface area contributed by atoms with Gasteiger partial charge < -0.3 is 9.80 Å². The van der Waals surface area contributed by atoms with E-state index in [0.29, 0.717) is 5.56 Å². The van der Waals surface area contributed by atoms with E-state index in [1.807, 2.05) is 74.6 Å². The summed E-state index contributed by atoms with van der Waals surface area (Å²) in [7, 11) is 5.62. The van der Waals surface area contributed by atoms with Gasteiger partial charge in [-0.25, -0.2) is 4.98 Å². The maximum atomic E-state index is 13.2. The Bertz CT molecular complexity index is 826. The van der Waals surface area contributed by atoms with E-state index in [0.717, 1.165) is 17.1 Å². The molecule has 5 heteroatoms. The van der Waals surface area contributed by atoms with Gasteiger partial charge in [-0.15, -0.1) is 0 Å². The second-order valence-electron chi connectivity index (χ2n) is 6.28. The molecule has 0 spiro atoms. The van der Waals surface area contributed by atoms with Crippen molar-refractivity contribution in [2.45, 2.75) is 6.04 Å². The zero-order valence-electron chi connectivity index (χ0n) is 15.2. The van der Waals surface area contributed by atoms with Crippen molar-refractivity contribution >= 4 is 11.7 Å². The van der Waals surface area contributed by atoms with Crippen LogP contribution in [-0.4, -0.2) is 41.9 Å². The molecule has 0 saturated heterocycles. The maximum Gasteiger partial charge on any atom is 0.254 e. The van der Waals surface area contributed by atoms with Crippen LogP contribution in [0.2, 0.25) is 0 Å². The largest absolute Gasteiger partial charge is 0.363 e. The molecule has 1 unspecified atom stereocenters. The van der Waals surface area contributed by atoms with Crippen molar-refractivity contribution in [3.05, 3.63) is 89.9 Å². The number of benzene rings is 1. The predicted molar refractivity (Wildman–Crippen MR) is 103 cm³/mol. The zero-order valence-corrected chi connectivity index (χ0v) is 15.2. The fourth-order valence-electron chi connectivity index (χ4n) is 2.88. The van der Waals surface area contributed by atoms with Gasteiger partial charge in [0.25, 0.3) is 5.91 Å². The minimum absolute atomic E-state index is 0.0741. The number of amides is 1. The van der Waals surface area contributed by atoms with Crippen molar-refractivity contribution in [3.8, 4) is 0 Å². The third-order valence-electron chi connectivity index (χ3n) is 4.24. The summed E-state index contributed by atoms with van der Waals surface area (Å²) in [6, 6.07) is 19.0. The molecule has 0 saturated carbocycles. The number of nitrogens with zero attached hydrogens (tertiary/aromatic N) is 4. The van der Waals surface area contributed by atoms with E-state index in [9.17, 15) is 4.79 Å². The van der Waals surface area contributed by atoms with Gasteiger partial charge in [0.2, 0.25) is 0 Å². The Kier molecular flexibility index (Phi) is 5.27. The van der Waals surface area contributed by atoms with E-state index >= 15 is 0 Å². The first-order valence-corrected chi connectivity index (χ1v) is 8.44. The molecule has 2 heterocycles. The van der Waals surface area contributed by atoms with Crippen LogP contribution in [0.5, 0.6) is 0 Å². The standard InChI is InChI=1S/C21H22N4O/c1-24(2)19-15-17(12-14-23-19)21(26)25(3)20(16-9-5-4-6-10-16)18-11-7-8-13-22-18/h4-15,20H,1-3H3. The van der Waals surface area contributed by atoms with Crippen molar-refractivity contribution in [3.63, 3.8) is 0 Å². The highest BCUT2D eigenvalue weighted by atomic mass is 16.2. The van der Waals surface area contributed by atoms with Gasteiger partial charge in [-0.05, 0) is 29.8 Å². The molecular formula is C21H22N4O. The first-order chi connectivity index (χ1) is 12.6. The molecular weight excluding hydrogens is 324 g/mol.